The first-order valence-corrected chi connectivity index (χ1v) is 11.7. The Morgan fingerprint density at radius 2 is 1.55 bits per heavy atom. The van der Waals surface area contributed by atoms with Crippen molar-refractivity contribution in [2.75, 3.05) is 28.0 Å². The number of anilines is 3. The van der Waals surface area contributed by atoms with E-state index in [1.165, 1.54) is 43.5 Å². The maximum Gasteiger partial charge on any atom is 0.261 e. The van der Waals surface area contributed by atoms with Gasteiger partial charge in [-0.05, 0) is 67.8 Å². The largest absolute Gasteiger partial charge is 0.357 e. The van der Waals surface area contributed by atoms with Crippen LogP contribution in [0.2, 0.25) is 0 Å². The second kappa shape index (κ2) is 9.18. The Balaban J connectivity index is 1.40. The van der Waals surface area contributed by atoms with E-state index in [2.05, 4.69) is 19.9 Å². The first-order valence-electron chi connectivity index (χ1n) is 10.2. The molecule has 1 saturated heterocycles. The molecule has 0 saturated carbocycles. The number of pyridine rings is 1. The summed E-state index contributed by atoms with van der Waals surface area (Å²) < 4.78 is 27.5. The predicted molar refractivity (Wildman–Crippen MR) is 122 cm³/mol. The number of carbonyl (C=O) groups excluding carboxylic acids is 1. The van der Waals surface area contributed by atoms with Crippen LogP contribution >= 0.6 is 0 Å². The number of benzene rings is 2. The number of nitrogens with zero attached hydrogens (tertiary/aromatic N) is 2. The lowest BCUT2D eigenvalue weighted by Gasteiger charge is -2.27. The average molecular weight is 437 g/mol. The maximum absolute atomic E-state index is 12.5. The van der Waals surface area contributed by atoms with Crippen molar-refractivity contribution in [3.63, 3.8) is 0 Å². The molecule has 1 aliphatic heterocycles. The normalized spacial score (nSPS) is 14.1. The highest BCUT2D eigenvalue weighted by molar-refractivity contribution is 7.92. The van der Waals surface area contributed by atoms with E-state index in [4.69, 9.17) is 0 Å². The Labute approximate surface area is 182 Å². The molecule has 1 fully saturated rings. The first-order chi connectivity index (χ1) is 15.0. The van der Waals surface area contributed by atoms with Crippen LogP contribution in [0.25, 0.3) is 0 Å². The Morgan fingerprint density at radius 3 is 2.19 bits per heavy atom. The van der Waals surface area contributed by atoms with Gasteiger partial charge in [0.05, 0.1) is 16.8 Å². The first kappa shape index (κ1) is 20.9. The van der Waals surface area contributed by atoms with E-state index in [1.807, 2.05) is 18.2 Å². The lowest BCUT2D eigenvalue weighted by Crippen LogP contribution is -2.30. The van der Waals surface area contributed by atoms with Crippen LogP contribution in [0.15, 0.2) is 77.8 Å². The van der Waals surface area contributed by atoms with Gasteiger partial charge < -0.3 is 10.2 Å². The highest BCUT2D eigenvalue weighted by Crippen LogP contribution is 2.20. The highest BCUT2D eigenvalue weighted by Gasteiger charge is 2.16. The summed E-state index contributed by atoms with van der Waals surface area (Å²) in [6, 6.07) is 18.2. The molecule has 0 radical (unpaired) electrons. The Kier molecular flexibility index (Phi) is 6.18. The molecule has 0 spiro atoms. The molecule has 4 rings (SSSR count). The summed E-state index contributed by atoms with van der Waals surface area (Å²) in [6.07, 6.45) is 5.25. The van der Waals surface area contributed by atoms with Crippen LogP contribution in [0.3, 0.4) is 0 Å². The molecule has 2 aromatic carbocycles. The molecule has 2 heterocycles. The second-order valence-electron chi connectivity index (χ2n) is 7.40. The van der Waals surface area contributed by atoms with Crippen LogP contribution in [0, 0.1) is 0 Å². The smallest absolute Gasteiger partial charge is 0.261 e. The number of para-hydroxylation sites is 1. The van der Waals surface area contributed by atoms with Crippen molar-refractivity contribution in [1.29, 1.82) is 0 Å². The molecule has 1 aliphatic rings. The summed E-state index contributed by atoms with van der Waals surface area (Å²) in [5.41, 5.74) is 1.43. The molecule has 0 unspecified atom stereocenters. The van der Waals surface area contributed by atoms with E-state index < -0.39 is 10.0 Å². The highest BCUT2D eigenvalue weighted by atomic mass is 32.2. The summed E-state index contributed by atoms with van der Waals surface area (Å²) in [5.74, 6) is 0.589. The lowest BCUT2D eigenvalue weighted by molar-refractivity contribution is 0.102. The topological polar surface area (TPSA) is 91.4 Å². The van der Waals surface area contributed by atoms with Crippen LogP contribution in [-0.4, -0.2) is 32.4 Å². The zero-order valence-electron chi connectivity index (χ0n) is 17.0. The average Bonchev–Trinajstić information content (AvgIpc) is 2.80. The fraction of sp³-hybridized carbons (Fsp3) is 0.217. The molecule has 2 N–H and O–H groups in total. The number of carbonyl (C=O) groups is 1. The van der Waals surface area contributed by atoms with Crippen molar-refractivity contribution in [3.8, 4) is 0 Å². The van der Waals surface area contributed by atoms with Gasteiger partial charge in [-0.1, -0.05) is 18.2 Å². The van der Waals surface area contributed by atoms with Crippen molar-refractivity contribution >= 4 is 33.1 Å². The van der Waals surface area contributed by atoms with Gasteiger partial charge >= 0.3 is 0 Å². The van der Waals surface area contributed by atoms with E-state index in [0.29, 0.717) is 16.9 Å². The van der Waals surface area contributed by atoms with Gasteiger partial charge in [0.25, 0.3) is 15.9 Å². The number of hydrogen-bond acceptors (Lipinski definition) is 5. The van der Waals surface area contributed by atoms with Crippen molar-refractivity contribution in [3.05, 3.63) is 78.5 Å². The monoisotopic (exact) mass is 436 g/mol. The van der Waals surface area contributed by atoms with Gasteiger partial charge in [0, 0.05) is 24.3 Å². The second-order valence-corrected chi connectivity index (χ2v) is 9.09. The summed E-state index contributed by atoms with van der Waals surface area (Å²) in [6.45, 7) is 2.01. The fourth-order valence-corrected chi connectivity index (χ4v) is 4.54. The molecule has 31 heavy (non-hydrogen) atoms. The lowest BCUT2D eigenvalue weighted by atomic mass is 10.1. The standard InChI is InChI=1S/C23H24N4O3S/c28-23(25-20-11-14-22(24-17-20)27-15-5-2-6-16-27)18-9-12-21(13-10-18)31(29,30)26-19-7-3-1-4-8-19/h1,3-4,7-14,17,26H,2,5-6,15-16H2,(H,25,28). The minimum atomic E-state index is -3.73. The van der Waals surface area contributed by atoms with Crippen molar-refractivity contribution < 1.29 is 13.2 Å². The van der Waals surface area contributed by atoms with Gasteiger partial charge in [-0.25, -0.2) is 13.4 Å². The summed E-state index contributed by atoms with van der Waals surface area (Å²) >= 11 is 0. The Bertz CT molecular complexity index is 1130. The molecule has 8 heteroatoms. The minimum absolute atomic E-state index is 0.0838. The van der Waals surface area contributed by atoms with Crippen LogP contribution in [0.4, 0.5) is 17.2 Å². The number of aromatic nitrogens is 1. The van der Waals surface area contributed by atoms with E-state index in [9.17, 15) is 13.2 Å². The zero-order chi connectivity index (χ0) is 21.7. The molecular weight excluding hydrogens is 412 g/mol. The third kappa shape index (κ3) is 5.21. The van der Waals surface area contributed by atoms with Gasteiger partial charge in [-0.3, -0.25) is 9.52 Å². The summed E-state index contributed by atoms with van der Waals surface area (Å²) in [7, 11) is -3.73. The van der Waals surface area contributed by atoms with Crippen molar-refractivity contribution in [2.24, 2.45) is 0 Å². The molecule has 3 aromatic rings. The fourth-order valence-electron chi connectivity index (χ4n) is 3.48. The molecule has 0 bridgehead atoms. The molecule has 0 atom stereocenters. The molecule has 7 nitrogen and oxygen atoms in total. The van der Waals surface area contributed by atoms with Gasteiger partial charge in [0.1, 0.15) is 5.82 Å². The van der Waals surface area contributed by atoms with Gasteiger partial charge in [0.2, 0.25) is 0 Å². The van der Waals surface area contributed by atoms with E-state index in [1.54, 1.807) is 30.5 Å². The van der Waals surface area contributed by atoms with Gasteiger partial charge in [0.15, 0.2) is 0 Å². The third-order valence-electron chi connectivity index (χ3n) is 5.14. The number of amides is 1. The summed E-state index contributed by atoms with van der Waals surface area (Å²) in [5, 5.41) is 2.80. The van der Waals surface area contributed by atoms with Gasteiger partial charge in [-0.15, -0.1) is 0 Å². The van der Waals surface area contributed by atoms with Crippen LogP contribution in [0.1, 0.15) is 29.6 Å². The number of nitrogens with one attached hydrogen (secondary N) is 2. The third-order valence-corrected chi connectivity index (χ3v) is 6.54. The number of hydrogen-bond donors (Lipinski definition) is 2. The summed E-state index contributed by atoms with van der Waals surface area (Å²) in [4.78, 5) is 19.3. The Morgan fingerprint density at radius 1 is 0.839 bits per heavy atom. The van der Waals surface area contributed by atoms with E-state index >= 15 is 0 Å². The zero-order valence-corrected chi connectivity index (χ0v) is 17.8. The maximum atomic E-state index is 12.5. The van der Waals surface area contributed by atoms with Crippen LogP contribution in [-0.2, 0) is 10.0 Å². The molecular formula is C23H24N4O3S. The van der Waals surface area contributed by atoms with E-state index in [0.717, 1.165) is 18.9 Å². The minimum Gasteiger partial charge on any atom is -0.357 e. The van der Waals surface area contributed by atoms with Gasteiger partial charge in [-0.2, -0.15) is 0 Å². The predicted octanol–water partition coefficient (Wildman–Crippen LogP) is 4.13. The number of sulfonamides is 1. The van der Waals surface area contributed by atoms with Crippen LogP contribution in [0.5, 0.6) is 0 Å². The van der Waals surface area contributed by atoms with Crippen LogP contribution < -0.4 is 14.9 Å². The quantitative estimate of drug-likeness (QED) is 0.606. The molecule has 1 amide bonds. The SMILES string of the molecule is O=C(Nc1ccc(N2CCCCC2)nc1)c1ccc(S(=O)(=O)Nc2ccccc2)cc1. The Hall–Kier alpha value is -3.39. The number of piperidine rings is 1. The molecule has 1 aromatic heterocycles. The van der Waals surface area contributed by atoms with Crippen molar-refractivity contribution in [2.45, 2.75) is 24.2 Å². The molecule has 0 aliphatic carbocycles. The van der Waals surface area contributed by atoms with E-state index in [-0.39, 0.29) is 10.8 Å². The molecule has 160 valence electrons. The van der Waals surface area contributed by atoms with Crippen molar-refractivity contribution in [1.82, 2.24) is 4.98 Å². The number of rotatable bonds is 6.